The second-order valence-corrected chi connectivity index (χ2v) is 4.76. The first kappa shape index (κ1) is 12.3. The number of hydrogen-bond donors (Lipinski definition) is 0. The number of ether oxygens (including phenoxy) is 1. The van der Waals surface area contributed by atoms with Gasteiger partial charge in [-0.05, 0) is 19.9 Å². The van der Waals surface area contributed by atoms with Crippen LogP contribution in [-0.2, 0) is 11.3 Å². The van der Waals surface area contributed by atoms with Gasteiger partial charge in [0.2, 0.25) is 0 Å². The number of morpholine rings is 1. The molecule has 1 aromatic heterocycles. The molecule has 0 radical (unpaired) electrons. The Morgan fingerprint density at radius 1 is 1.53 bits per heavy atom. The fourth-order valence-corrected chi connectivity index (χ4v) is 1.99. The summed E-state index contributed by atoms with van der Waals surface area (Å²) in [4.78, 5) is 2.44. The number of rotatable bonds is 4. The lowest BCUT2D eigenvalue weighted by Crippen LogP contribution is -2.44. The van der Waals surface area contributed by atoms with Gasteiger partial charge in [0.15, 0.2) is 0 Å². The highest BCUT2D eigenvalue weighted by molar-refractivity contribution is 4.95. The van der Waals surface area contributed by atoms with E-state index >= 15 is 0 Å². The van der Waals surface area contributed by atoms with Crippen molar-refractivity contribution in [2.24, 2.45) is 0 Å². The zero-order chi connectivity index (χ0) is 12.1. The Hall–Kier alpha value is -1.13. The number of aromatic nitrogens is 2. The van der Waals surface area contributed by atoms with Crippen molar-refractivity contribution in [1.29, 1.82) is 0 Å². The standard InChI is InChI=1S/C13H21N3O/c1-12(2)4-7-15-8-9-17-13(10-15)11-16-6-3-5-14-16/h3-6,13H,7-11H2,1-2H3/t13-/m1/s1. The predicted molar refractivity (Wildman–Crippen MR) is 67.8 cm³/mol. The molecule has 1 atom stereocenters. The average Bonchev–Trinajstić information content (AvgIpc) is 2.80. The second kappa shape index (κ2) is 5.98. The fourth-order valence-electron chi connectivity index (χ4n) is 1.99. The van der Waals surface area contributed by atoms with E-state index in [4.69, 9.17) is 4.74 Å². The maximum Gasteiger partial charge on any atom is 0.0898 e. The molecule has 0 spiro atoms. The van der Waals surface area contributed by atoms with E-state index in [2.05, 4.69) is 29.9 Å². The van der Waals surface area contributed by atoms with E-state index < -0.39 is 0 Å². The molecule has 0 N–H and O–H groups in total. The van der Waals surface area contributed by atoms with E-state index in [1.54, 1.807) is 0 Å². The molecule has 2 heterocycles. The summed E-state index contributed by atoms with van der Waals surface area (Å²) in [6.07, 6.45) is 6.33. The van der Waals surface area contributed by atoms with Crippen molar-refractivity contribution < 1.29 is 4.74 Å². The largest absolute Gasteiger partial charge is 0.374 e. The first-order valence-corrected chi connectivity index (χ1v) is 6.19. The summed E-state index contributed by atoms with van der Waals surface area (Å²) in [5.41, 5.74) is 1.38. The van der Waals surface area contributed by atoms with Crippen LogP contribution >= 0.6 is 0 Å². The summed E-state index contributed by atoms with van der Waals surface area (Å²) < 4.78 is 7.70. The molecule has 1 fully saturated rings. The number of nitrogens with zero attached hydrogens (tertiary/aromatic N) is 3. The van der Waals surface area contributed by atoms with Crippen molar-refractivity contribution in [2.45, 2.75) is 26.5 Å². The number of allylic oxidation sites excluding steroid dienone is 1. The van der Waals surface area contributed by atoms with Gasteiger partial charge in [-0.2, -0.15) is 5.10 Å². The lowest BCUT2D eigenvalue weighted by atomic mass is 10.2. The normalized spacial score (nSPS) is 21.4. The highest BCUT2D eigenvalue weighted by Crippen LogP contribution is 2.07. The molecule has 17 heavy (non-hydrogen) atoms. The molecule has 2 rings (SSSR count). The third-order valence-electron chi connectivity index (χ3n) is 2.93. The van der Waals surface area contributed by atoms with Crippen molar-refractivity contribution >= 4 is 0 Å². The van der Waals surface area contributed by atoms with Gasteiger partial charge in [0.1, 0.15) is 0 Å². The van der Waals surface area contributed by atoms with E-state index in [-0.39, 0.29) is 6.10 Å². The SMILES string of the molecule is CC(C)=CCN1CCO[C@@H](Cn2cccn2)C1. The molecule has 1 saturated heterocycles. The van der Waals surface area contributed by atoms with Crippen LogP contribution in [0.5, 0.6) is 0 Å². The minimum absolute atomic E-state index is 0.259. The van der Waals surface area contributed by atoms with Crippen LogP contribution in [0.4, 0.5) is 0 Å². The van der Waals surface area contributed by atoms with Gasteiger partial charge in [-0.15, -0.1) is 0 Å². The molecular formula is C13H21N3O. The Morgan fingerprint density at radius 3 is 3.12 bits per heavy atom. The molecule has 1 aliphatic rings. The third kappa shape index (κ3) is 3.98. The Bertz CT molecular complexity index is 355. The van der Waals surface area contributed by atoms with Crippen LogP contribution in [-0.4, -0.2) is 47.0 Å². The molecular weight excluding hydrogens is 214 g/mol. The van der Waals surface area contributed by atoms with E-state index in [1.807, 2.05) is 23.1 Å². The fraction of sp³-hybridized carbons (Fsp3) is 0.615. The van der Waals surface area contributed by atoms with E-state index in [1.165, 1.54) is 5.57 Å². The molecule has 4 heteroatoms. The average molecular weight is 235 g/mol. The molecule has 0 saturated carbocycles. The third-order valence-corrected chi connectivity index (χ3v) is 2.93. The van der Waals surface area contributed by atoms with Crippen molar-refractivity contribution in [3.63, 3.8) is 0 Å². The molecule has 94 valence electrons. The maximum atomic E-state index is 5.77. The smallest absolute Gasteiger partial charge is 0.0898 e. The molecule has 0 amide bonds. The van der Waals surface area contributed by atoms with Crippen molar-refractivity contribution in [1.82, 2.24) is 14.7 Å². The van der Waals surface area contributed by atoms with Crippen LogP contribution in [0, 0.1) is 0 Å². The summed E-state index contributed by atoms with van der Waals surface area (Å²) in [6.45, 7) is 8.99. The molecule has 0 aliphatic carbocycles. The predicted octanol–water partition coefficient (Wildman–Crippen LogP) is 1.55. The summed E-state index contributed by atoms with van der Waals surface area (Å²) in [5, 5.41) is 4.22. The minimum atomic E-state index is 0.259. The lowest BCUT2D eigenvalue weighted by Gasteiger charge is -2.32. The molecule has 1 aromatic rings. The minimum Gasteiger partial charge on any atom is -0.374 e. The maximum absolute atomic E-state index is 5.77. The summed E-state index contributed by atoms with van der Waals surface area (Å²) in [7, 11) is 0. The van der Waals surface area contributed by atoms with Gasteiger partial charge < -0.3 is 4.74 Å². The van der Waals surface area contributed by atoms with Crippen molar-refractivity contribution in [2.75, 3.05) is 26.2 Å². The molecule has 0 unspecified atom stereocenters. The zero-order valence-corrected chi connectivity index (χ0v) is 10.7. The zero-order valence-electron chi connectivity index (χ0n) is 10.7. The Kier molecular flexibility index (Phi) is 4.34. The summed E-state index contributed by atoms with van der Waals surface area (Å²) in [5.74, 6) is 0. The van der Waals surface area contributed by atoms with Gasteiger partial charge in [0.05, 0.1) is 19.3 Å². The molecule has 0 aromatic carbocycles. The van der Waals surface area contributed by atoms with E-state index in [9.17, 15) is 0 Å². The topological polar surface area (TPSA) is 30.3 Å². The molecule has 0 bridgehead atoms. The summed E-state index contributed by atoms with van der Waals surface area (Å²) >= 11 is 0. The van der Waals surface area contributed by atoms with Crippen molar-refractivity contribution in [3.8, 4) is 0 Å². The monoisotopic (exact) mass is 235 g/mol. The van der Waals surface area contributed by atoms with Crippen LogP contribution in [0.3, 0.4) is 0 Å². The van der Waals surface area contributed by atoms with Crippen molar-refractivity contribution in [3.05, 3.63) is 30.1 Å². The molecule has 4 nitrogen and oxygen atoms in total. The Labute approximate surface area is 103 Å². The van der Waals surface area contributed by atoms with E-state index in [0.717, 1.165) is 32.8 Å². The quantitative estimate of drug-likeness (QED) is 0.742. The highest BCUT2D eigenvalue weighted by atomic mass is 16.5. The first-order chi connectivity index (χ1) is 8.24. The van der Waals surface area contributed by atoms with Crippen LogP contribution in [0.15, 0.2) is 30.1 Å². The second-order valence-electron chi connectivity index (χ2n) is 4.76. The van der Waals surface area contributed by atoms with Gasteiger partial charge in [0, 0.05) is 32.0 Å². The Morgan fingerprint density at radius 2 is 2.41 bits per heavy atom. The van der Waals surface area contributed by atoms with Crippen LogP contribution in [0.1, 0.15) is 13.8 Å². The van der Waals surface area contributed by atoms with E-state index in [0.29, 0.717) is 0 Å². The van der Waals surface area contributed by atoms with Crippen LogP contribution in [0.25, 0.3) is 0 Å². The molecule has 1 aliphatic heterocycles. The number of hydrogen-bond acceptors (Lipinski definition) is 3. The van der Waals surface area contributed by atoms with Gasteiger partial charge in [-0.3, -0.25) is 9.58 Å². The first-order valence-electron chi connectivity index (χ1n) is 6.19. The summed E-state index contributed by atoms with van der Waals surface area (Å²) in [6, 6.07) is 1.95. The van der Waals surface area contributed by atoms with Gasteiger partial charge in [-0.1, -0.05) is 11.6 Å². The Balaban J connectivity index is 1.82. The van der Waals surface area contributed by atoms with Gasteiger partial charge in [0.25, 0.3) is 0 Å². The van der Waals surface area contributed by atoms with Crippen LogP contribution in [0.2, 0.25) is 0 Å². The van der Waals surface area contributed by atoms with Crippen LogP contribution < -0.4 is 0 Å². The highest BCUT2D eigenvalue weighted by Gasteiger charge is 2.19. The lowest BCUT2D eigenvalue weighted by molar-refractivity contribution is -0.0338. The van der Waals surface area contributed by atoms with Gasteiger partial charge in [-0.25, -0.2) is 0 Å². The van der Waals surface area contributed by atoms with Gasteiger partial charge >= 0.3 is 0 Å².